The third kappa shape index (κ3) is 4.47. The minimum Gasteiger partial charge on any atom is -0.364 e. The normalized spacial score (nSPS) is 15.4. The highest BCUT2D eigenvalue weighted by Gasteiger charge is 2.27. The lowest BCUT2D eigenvalue weighted by molar-refractivity contribution is -0.128. The van der Waals surface area contributed by atoms with Crippen LogP contribution in [0.1, 0.15) is 22.5 Å². The summed E-state index contributed by atoms with van der Waals surface area (Å²) in [5, 5.41) is 0. The van der Waals surface area contributed by atoms with Crippen LogP contribution in [0.3, 0.4) is 0 Å². The number of likely N-dealkylation sites (tertiary alicyclic amines) is 1. The van der Waals surface area contributed by atoms with Crippen molar-refractivity contribution in [2.45, 2.75) is 6.42 Å². The first-order valence-corrected chi connectivity index (χ1v) is 9.82. The van der Waals surface area contributed by atoms with Gasteiger partial charge >= 0.3 is 0 Å². The highest BCUT2D eigenvalue weighted by atomic mass is 19.1. The lowest BCUT2D eigenvalue weighted by Crippen LogP contribution is -2.21. The van der Waals surface area contributed by atoms with Gasteiger partial charge < -0.3 is 10.6 Å². The number of carbonyl (C=O) groups excluding carboxylic acids is 2. The Kier molecular flexibility index (Phi) is 5.65. The van der Waals surface area contributed by atoms with Gasteiger partial charge in [-0.2, -0.15) is 0 Å². The van der Waals surface area contributed by atoms with Crippen molar-refractivity contribution in [1.29, 1.82) is 0 Å². The second kappa shape index (κ2) is 8.55. The Morgan fingerprint density at radius 3 is 2.50 bits per heavy atom. The van der Waals surface area contributed by atoms with E-state index < -0.39 is 17.5 Å². The van der Waals surface area contributed by atoms with E-state index in [9.17, 15) is 18.4 Å². The van der Waals surface area contributed by atoms with Crippen molar-refractivity contribution in [2.24, 2.45) is 11.7 Å². The number of primary amides is 1. The van der Waals surface area contributed by atoms with Crippen LogP contribution in [0.4, 0.5) is 8.78 Å². The molecule has 1 unspecified atom stereocenters. The van der Waals surface area contributed by atoms with Gasteiger partial charge in [0.15, 0.2) is 5.82 Å². The molecule has 160 valence electrons. The molecule has 1 fully saturated rings. The summed E-state index contributed by atoms with van der Waals surface area (Å²) >= 11 is 0. The van der Waals surface area contributed by atoms with Crippen molar-refractivity contribution >= 4 is 11.8 Å². The van der Waals surface area contributed by atoms with Gasteiger partial charge in [-0.25, -0.2) is 18.7 Å². The van der Waals surface area contributed by atoms with Crippen LogP contribution in [-0.4, -0.2) is 40.3 Å². The standard InChI is InChI=1S/C24H18F2N4O2/c1-30-8-7-15(24(30)32)6-5-14-3-2-4-16(9-14)23-28-20(13-21(29-23)22(27)31)17-10-18(25)12-19(26)11-17/h2-4,9-13,15H,7-8H2,1H3,(H2,27,31). The second-order valence-corrected chi connectivity index (χ2v) is 7.44. The molecule has 0 saturated carbocycles. The zero-order valence-electron chi connectivity index (χ0n) is 17.1. The van der Waals surface area contributed by atoms with E-state index in [1.54, 1.807) is 36.2 Å². The molecule has 32 heavy (non-hydrogen) atoms. The van der Waals surface area contributed by atoms with Crippen molar-refractivity contribution in [3.8, 4) is 34.5 Å². The molecule has 4 rings (SSSR count). The van der Waals surface area contributed by atoms with Crippen LogP contribution in [0.25, 0.3) is 22.6 Å². The molecule has 0 bridgehead atoms. The summed E-state index contributed by atoms with van der Waals surface area (Å²) < 4.78 is 27.4. The minimum atomic E-state index is -0.799. The monoisotopic (exact) mass is 432 g/mol. The van der Waals surface area contributed by atoms with Crippen molar-refractivity contribution in [2.75, 3.05) is 13.6 Å². The Bertz CT molecular complexity index is 1280. The molecule has 8 heteroatoms. The molecule has 1 aromatic heterocycles. The van der Waals surface area contributed by atoms with Gasteiger partial charge in [-0.15, -0.1) is 0 Å². The van der Waals surface area contributed by atoms with E-state index in [2.05, 4.69) is 21.8 Å². The SMILES string of the molecule is CN1CCC(C#Cc2cccc(-c3nc(C(N)=O)cc(-c4cc(F)cc(F)c4)n3)c2)C1=O. The molecule has 0 spiro atoms. The topological polar surface area (TPSA) is 89.2 Å². The fraction of sp³-hybridized carbons (Fsp3) is 0.167. The number of aromatic nitrogens is 2. The predicted octanol–water partition coefficient (Wildman–Crippen LogP) is 3.02. The molecule has 2 aromatic carbocycles. The Morgan fingerprint density at radius 2 is 1.84 bits per heavy atom. The summed E-state index contributed by atoms with van der Waals surface area (Å²) in [6, 6.07) is 11.2. The molecule has 2 heterocycles. The average molecular weight is 432 g/mol. The fourth-order valence-electron chi connectivity index (χ4n) is 3.42. The molecule has 2 N–H and O–H groups in total. The molecule has 1 atom stereocenters. The molecule has 1 saturated heterocycles. The number of rotatable bonds is 3. The smallest absolute Gasteiger partial charge is 0.267 e. The van der Waals surface area contributed by atoms with Gasteiger partial charge in [-0.1, -0.05) is 24.0 Å². The van der Waals surface area contributed by atoms with E-state index in [-0.39, 0.29) is 34.6 Å². The summed E-state index contributed by atoms with van der Waals surface area (Å²) in [4.78, 5) is 34.1. The van der Waals surface area contributed by atoms with Crippen LogP contribution in [0.15, 0.2) is 48.5 Å². The number of nitrogens with two attached hydrogens (primary N) is 1. The maximum Gasteiger partial charge on any atom is 0.267 e. The van der Waals surface area contributed by atoms with Gasteiger partial charge in [0.25, 0.3) is 5.91 Å². The quantitative estimate of drug-likeness (QED) is 0.645. The summed E-state index contributed by atoms with van der Waals surface area (Å²) in [5.41, 5.74) is 6.78. The first-order valence-electron chi connectivity index (χ1n) is 9.82. The van der Waals surface area contributed by atoms with E-state index in [0.29, 0.717) is 24.1 Å². The van der Waals surface area contributed by atoms with Crippen LogP contribution >= 0.6 is 0 Å². The van der Waals surface area contributed by atoms with E-state index in [1.807, 2.05) is 0 Å². The lowest BCUT2D eigenvalue weighted by Gasteiger charge is -2.08. The molecule has 1 aliphatic heterocycles. The van der Waals surface area contributed by atoms with E-state index >= 15 is 0 Å². The first-order chi connectivity index (χ1) is 15.3. The largest absolute Gasteiger partial charge is 0.364 e. The summed E-state index contributed by atoms with van der Waals surface area (Å²) in [5.74, 6) is 3.47. The van der Waals surface area contributed by atoms with Gasteiger partial charge in [0, 0.05) is 36.3 Å². The highest BCUT2D eigenvalue weighted by molar-refractivity contribution is 5.92. The zero-order valence-corrected chi connectivity index (χ0v) is 17.1. The van der Waals surface area contributed by atoms with Gasteiger partial charge in [-0.3, -0.25) is 9.59 Å². The predicted molar refractivity (Wildman–Crippen MR) is 114 cm³/mol. The van der Waals surface area contributed by atoms with Crippen molar-refractivity contribution in [3.05, 3.63) is 71.4 Å². The Morgan fingerprint density at radius 1 is 1.09 bits per heavy atom. The Balaban J connectivity index is 1.74. The number of amides is 2. The van der Waals surface area contributed by atoms with E-state index in [0.717, 1.165) is 18.2 Å². The molecule has 1 aliphatic rings. The molecular formula is C24H18F2N4O2. The highest BCUT2D eigenvalue weighted by Crippen LogP contribution is 2.25. The number of benzene rings is 2. The third-order valence-electron chi connectivity index (χ3n) is 5.08. The summed E-state index contributed by atoms with van der Waals surface area (Å²) in [7, 11) is 1.75. The third-order valence-corrected chi connectivity index (χ3v) is 5.08. The van der Waals surface area contributed by atoms with Crippen LogP contribution in [0.5, 0.6) is 0 Å². The molecule has 6 nitrogen and oxygen atoms in total. The number of halogens is 2. The second-order valence-electron chi connectivity index (χ2n) is 7.44. The molecule has 0 aliphatic carbocycles. The summed E-state index contributed by atoms with van der Waals surface area (Å²) in [6.45, 7) is 0.676. The van der Waals surface area contributed by atoms with Gasteiger partial charge in [0.2, 0.25) is 5.91 Å². The number of nitrogens with zero attached hydrogens (tertiary/aromatic N) is 3. The molecule has 3 aromatic rings. The number of hydrogen-bond acceptors (Lipinski definition) is 4. The lowest BCUT2D eigenvalue weighted by atomic mass is 10.1. The van der Waals surface area contributed by atoms with E-state index in [4.69, 9.17) is 5.73 Å². The molecule has 2 amide bonds. The van der Waals surface area contributed by atoms with Gasteiger partial charge in [-0.05, 0) is 36.8 Å². The maximum absolute atomic E-state index is 13.7. The van der Waals surface area contributed by atoms with Crippen molar-refractivity contribution < 1.29 is 18.4 Å². The fourth-order valence-corrected chi connectivity index (χ4v) is 3.42. The van der Waals surface area contributed by atoms with Crippen LogP contribution in [-0.2, 0) is 4.79 Å². The average Bonchev–Trinajstić information content (AvgIpc) is 3.09. The van der Waals surface area contributed by atoms with Gasteiger partial charge in [0.05, 0.1) is 5.69 Å². The van der Waals surface area contributed by atoms with Gasteiger partial charge in [0.1, 0.15) is 23.2 Å². The Labute approximate surface area is 183 Å². The van der Waals surface area contributed by atoms with Crippen molar-refractivity contribution in [3.63, 3.8) is 0 Å². The van der Waals surface area contributed by atoms with Crippen LogP contribution in [0, 0.1) is 29.4 Å². The zero-order chi connectivity index (χ0) is 22.8. The number of hydrogen-bond donors (Lipinski definition) is 1. The van der Waals surface area contributed by atoms with E-state index in [1.165, 1.54) is 6.07 Å². The molecule has 0 radical (unpaired) electrons. The summed E-state index contributed by atoms with van der Waals surface area (Å²) in [6.07, 6.45) is 0.680. The van der Waals surface area contributed by atoms with Crippen molar-refractivity contribution in [1.82, 2.24) is 14.9 Å². The molecular weight excluding hydrogens is 414 g/mol. The van der Waals surface area contributed by atoms with Crippen LogP contribution in [0.2, 0.25) is 0 Å². The maximum atomic E-state index is 13.7. The Hall–Kier alpha value is -4.12. The first kappa shape index (κ1) is 21.1. The van der Waals surface area contributed by atoms with Crippen LogP contribution < -0.4 is 5.73 Å². The minimum absolute atomic E-state index is 0.00175. The number of carbonyl (C=O) groups is 2.